The third-order valence-electron chi connectivity index (χ3n) is 7.52. The van der Waals surface area contributed by atoms with E-state index in [1.807, 2.05) is 54.6 Å². The Balaban J connectivity index is 1.48. The number of aliphatic carboxylic acids is 1. The number of amides is 1. The van der Waals surface area contributed by atoms with Gasteiger partial charge in [-0.3, -0.25) is 9.11 Å². The van der Waals surface area contributed by atoms with E-state index in [1.54, 1.807) is 24.3 Å². The Bertz CT molecular complexity index is 1590. The van der Waals surface area contributed by atoms with Crippen LogP contribution in [0.4, 0.5) is 4.79 Å². The van der Waals surface area contributed by atoms with Crippen LogP contribution in [0.2, 0.25) is 0 Å². The molecule has 5 rings (SSSR count). The quantitative estimate of drug-likeness (QED) is 0.250. The smallest absolute Gasteiger partial charge is 0.410 e. The number of rotatable bonds is 10. The Hall–Kier alpha value is -4.63. The molecule has 1 aliphatic rings. The van der Waals surface area contributed by atoms with Crippen LogP contribution in [0.15, 0.2) is 95.9 Å². The Morgan fingerprint density at radius 1 is 0.929 bits per heavy atom. The lowest BCUT2D eigenvalue weighted by molar-refractivity contribution is -0.143. The number of hydrogen-bond acceptors (Lipinski definition) is 6. The molecule has 0 heterocycles. The SMILES string of the molecule is COc1cc(O)c(CN(C(=O)OCC2c3ccccc3-c3ccccc32)[C@@H](Cc2ccccc2)C(=O)O)cc1S(C)=O. The van der Waals surface area contributed by atoms with Gasteiger partial charge in [-0.2, -0.15) is 0 Å². The molecule has 8 nitrogen and oxygen atoms in total. The van der Waals surface area contributed by atoms with E-state index >= 15 is 0 Å². The zero-order valence-electron chi connectivity index (χ0n) is 23.2. The summed E-state index contributed by atoms with van der Waals surface area (Å²) < 4.78 is 23.5. The van der Waals surface area contributed by atoms with Crippen molar-refractivity contribution in [2.75, 3.05) is 20.0 Å². The summed E-state index contributed by atoms with van der Waals surface area (Å²) in [6.45, 7) is -0.291. The fourth-order valence-electron chi connectivity index (χ4n) is 5.43. The van der Waals surface area contributed by atoms with Crippen LogP contribution in [0.5, 0.6) is 11.5 Å². The molecule has 0 saturated carbocycles. The van der Waals surface area contributed by atoms with Crippen LogP contribution in [0, 0.1) is 0 Å². The zero-order chi connectivity index (χ0) is 29.8. The Kier molecular flexibility index (Phi) is 8.59. The van der Waals surface area contributed by atoms with Crippen molar-refractivity contribution in [2.45, 2.75) is 29.8 Å². The van der Waals surface area contributed by atoms with Crippen molar-refractivity contribution in [3.05, 3.63) is 113 Å². The van der Waals surface area contributed by atoms with Gasteiger partial charge in [-0.1, -0.05) is 78.9 Å². The van der Waals surface area contributed by atoms with Gasteiger partial charge in [0.05, 0.1) is 29.3 Å². The van der Waals surface area contributed by atoms with Crippen molar-refractivity contribution in [1.82, 2.24) is 4.90 Å². The second-order valence-electron chi connectivity index (χ2n) is 10.1. The summed E-state index contributed by atoms with van der Waals surface area (Å²) in [6.07, 6.45) is 0.649. The monoisotopic (exact) mass is 585 g/mol. The van der Waals surface area contributed by atoms with Crippen LogP contribution in [0.3, 0.4) is 0 Å². The fraction of sp³-hybridized carbons (Fsp3) is 0.212. The van der Waals surface area contributed by atoms with Gasteiger partial charge >= 0.3 is 12.1 Å². The summed E-state index contributed by atoms with van der Waals surface area (Å²) in [7, 11) is -0.0730. The number of ether oxygens (including phenoxy) is 2. The average molecular weight is 586 g/mol. The van der Waals surface area contributed by atoms with Crippen LogP contribution in [-0.4, -0.2) is 57.4 Å². The van der Waals surface area contributed by atoms with Gasteiger partial charge in [0.15, 0.2) is 0 Å². The maximum Gasteiger partial charge on any atom is 0.410 e. The molecule has 216 valence electrons. The number of phenolic OH excluding ortho intramolecular Hbond substituents is 1. The largest absolute Gasteiger partial charge is 0.507 e. The Morgan fingerprint density at radius 2 is 1.52 bits per heavy atom. The van der Waals surface area contributed by atoms with E-state index in [0.29, 0.717) is 4.90 Å². The standard InChI is InChI=1S/C33H31NO7S/c1-40-30-18-29(35)22(17-31(30)42(2)39)19-34(28(32(36)37)16-21-10-4-3-5-11-21)33(38)41-20-27-25-14-8-6-12-23(25)24-13-7-9-15-26(24)27/h3-15,17-18,27-28,35H,16,19-20H2,1-2H3,(H,36,37)/t28-,42?/m0/s1. The molecule has 42 heavy (non-hydrogen) atoms. The van der Waals surface area contributed by atoms with Gasteiger partial charge in [0, 0.05) is 30.2 Å². The highest BCUT2D eigenvalue weighted by Gasteiger charge is 2.34. The number of benzene rings is 4. The number of carboxylic acids is 1. The maximum atomic E-state index is 13.8. The summed E-state index contributed by atoms with van der Waals surface area (Å²) in [5.74, 6) is -1.44. The summed E-state index contributed by atoms with van der Waals surface area (Å²) in [4.78, 5) is 27.8. The van der Waals surface area contributed by atoms with Crippen molar-refractivity contribution in [3.8, 4) is 22.6 Å². The Labute approximate surface area is 246 Å². The highest BCUT2D eigenvalue weighted by Crippen LogP contribution is 2.44. The summed E-state index contributed by atoms with van der Waals surface area (Å²) in [5, 5.41) is 21.1. The number of methoxy groups -OCH3 is 1. The van der Waals surface area contributed by atoms with E-state index in [-0.39, 0.29) is 42.6 Å². The van der Waals surface area contributed by atoms with E-state index in [1.165, 1.54) is 25.5 Å². The molecule has 0 spiro atoms. The zero-order valence-corrected chi connectivity index (χ0v) is 24.0. The maximum absolute atomic E-state index is 13.8. The minimum absolute atomic E-state index is 0.000141. The summed E-state index contributed by atoms with van der Waals surface area (Å²) in [5.41, 5.74) is 5.13. The first-order valence-corrected chi connectivity index (χ1v) is 15.0. The topological polar surface area (TPSA) is 113 Å². The predicted octanol–water partition coefficient (Wildman–Crippen LogP) is 5.59. The molecule has 1 aliphatic carbocycles. The van der Waals surface area contributed by atoms with Crippen molar-refractivity contribution in [3.63, 3.8) is 0 Å². The molecule has 0 fully saturated rings. The minimum Gasteiger partial charge on any atom is -0.507 e. The molecule has 0 aromatic heterocycles. The molecule has 9 heteroatoms. The average Bonchev–Trinajstić information content (AvgIpc) is 3.32. The Morgan fingerprint density at radius 3 is 2.10 bits per heavy atom. The van der Waals surface area contributed by atoms with Gasteiger partial charge in [-0.15, -0.1) is 0 Å². The van der Waals surface area contributed by atoms with E-state index < -0.39 is 28.9 Å². The first-order chi connectivity index (χ1) is 20.3. The number of fused-ring (bicyclic) bond motifs is 3. The molecule has 4 aromatic carbocycles. The molecule has 0 bridgehead atoms. The molecule has 1 unspecified atom stereocenters. The number of phenols is 1. The fourth-order valence-corrected chi connectivity index (χ4v) is 6.17. The second kappa shape index (κ2) is 12.5. The summed E-state index contributed by atoms with van der Waals surface area (Å²) in [6, 6.07) is 26.3. The van der Waals surface area contributed by atoms with Gasteiger partial charge in [0.1, 0.15) is 24.1 Å². The highest BCUT2D eigenvalue weighted by atomic mass is 32.2. The van der Waals surface area contributed by atoms with Gasteiger partial charge in [-0.05, 0) is 33.9 Å². The molecular weight excluding hydrogens is 554 g/mol. The number of hydrogen-bond donors (Lipinski definition) is 2. The molecule has 0 aliphatic heterocycles. The van der Waals surface area contributed by atoms with Crippen LogP contribution in [0.25, 0.3) is 11.1 Å². The molecule has 2 N–H and O–H groups in total. The van der Waals surface area contributed by atoms with Crippen molar-refractivity contribution in [2.24, 2.45) is 0 Å². The van der Waals surface area contributed by atoms with Crippen molar-refractivity contribution in [1.29, 1.82) is 0 Å². The molecule has 2 atom stereocenters. The van der Waals surface area contributed by atoms with Crippen molar-refractivity contribution < 1.29 is 33.5 Å². The van der Waals surface area contributed by atoms with Crippen LogP contribution in [-0.2, 0) is 33.3 Å². The third kappa shape index (κ3) is 5.87. The molecule has 4 aromatic rings. The molecule has 0 saturated heterocycles. The lowest BCUT2D eigenvalue weighted by Crippen LogP contribution is -2.46. The molecular formula is C33H31NO7S. The summed E-state index contributed by atoms with van der Waals surface area (Å²) >= 11 is 0. The number of aromatic hydroxyl groups is 1. The molecule has 1 amide bonds. The predicted molar refractivity (Wildman–Crippen MR) is 159 cm³/mol. The number of nitrogens with zero attached hydrogens (tertiary/aromatic N) is 1. The van der Waals surface area contributed by atoms with Crippen LogP contribution < -0.4 is 4.74 Å². The van der Waals surface area contributed by atoms with E-state index in [2.05, 4.69) is 0 Å². The van der Waals surface area contributed by atoms with Crippen LogP contribution >= 0.6 is 0 Å². The van der Waals surface area contributed by atoms with E-state index in [9.17, 15) is 24.0 Å². The number of carbonyl (C=O) groups excluding carboxylic acids is 1. The first-order valence-electron chi connectivity index (χ1n) is 13.4. The molecule has 0 radical (unpaired) electrons. The minimum atomic E-state index is -1.47. The number of carboxylic acid groups (broad SMARTS) is 1. The van der Waals surface area contributed by atoms with E-state index in [0.717, 1.165) is 32.7 Å². The van der Waals surface area contributed by atoms with Gasteiger partial charge in [0.2, 0.25) is 0 Å². The first kappa shape index (κ1) is 28.9. The van der Waals surface area contributed by atoms with Gasteiger partial charge in [0.25, 0.3) is 0 Å². The lowest BCUT2D eigenvalue weighted by atomic mass is 9.98. The highest BCUT2D eigenvalue weighted by molar-refractivity contribution is 7.84. The normalized spacial score (nSPS) is 13.5. The van der Waals surface area contributed by atoms with Gasteiger partial charge in [-0.25, -0.2) is 9.59 Å². The van der Waals surface area contributed by atoms with Crippen molar-refractivity contribution >= 4 is 22.9 Å². The van der Waals surface area contributed by atoms with E-state index in [4.69, 9.17) is 9.47 Å². The lowest BCUT2D eigenvalue weighted by Gasteiger charge is -2.29. The third-order valence-corrected chi connectivity index (χ3v) is 8.46. The number of carbonyl (C=O) groups is 2. The van der Waals surface area contributed by atoms with Crippen LogP contribution in [0.1, 0.15) is 28.2 Å². The van der Waals surface area contributed by atoms with Gasteiger partial charge < -0.3 is 19.7 Å². The second-order valence-corrected chi connectivity index (χ2v) is 11.4.